The van der Waals surface area contributed by atoms with Gasteiger partial charge in [-0.3, -0.25) is 0 Å². The zero-order valence-corrected chi connectivity index (χ0v) is 5.22. The Hall–Kier alpha value is -0.920. The van der Waals surface area contributed by atoms with Gasteiger partial charge in [0.2, 0.25) is 0 Å². The number of hydrogen-bond donors (Lipinski definition) is 0. The fraction of sp³-hybridized carbons (Fsp3) is 0. The molecule has 0 spiro atoms. The molecule has 0 amide bonds. The minimum Gasteiger partial charge on any atom is -0.412 e. The van der Waals surface area contributed by atoms with Crippen LogP contribution < -0.4 is 5.26 Å². The van der Waals surface area contributed by atoms with E-state index in [1.165, 1.54) is 0 Å². The van der Waals surface area contributed by atoms with Crippen LogP contribution >= 0.6 is 0 Å². The van der Waals surface area contributed by atoms with E-state index in [9.17, 15) is 0 Å². The zero-order chi connectivity index (χ0) is 2.71. The predicted octanol–water partition coefficient (Wildman–Crippen LogP) is -7.72. The van der Waals surface area contributed by atoms with Crippen molar-refractivity contribution in [3.05, 3.63) is 9.71 Å². The molecule has 0 aliphatic carbocycles. The molecule has 0 fully saturated rings. The standard InChI is InChI=1S/O3.8H2O/c1-3-2;;;;;;;;/h;8*1H2. The van der Waals surface area contributed by atoms with Crippen molar-refractivity contribution in [2.24, 2.45) is 0 Å². The lowest BCUT2D eigenvalue weighted by Crippen LogP contribution is -1.82. The zero-order valence-electron chi connectivity index (χ0n) is 5.22. The Bertz CT molecular complexity index is 7.51. The van der Waals surface area contributed by atoms with Gasteiger partial charge in [0.05, 0.1) is 0 Å². The number of hydrogen-bond acceptors (Lipinski definition) is 2. The van der Waals surface area contributed by atoms with Crippen LogP contribution in [0, 0.1) is 9.71 Å². The van der Waals surface area contributed by atoms with Gasteiger partial charge in [0, 0.05) is 0 Å². The highest BCUT2D eigenvalue weighted by atomic mass is 17.2. The maximum Gasteiger partial charge on any atom is 0.154 e. The van der Waals surface area contributed by atoms with E-state index in [-0.39, 0.29) is 43.8 Å². The van der Waals surface area contributed by atoms with Crippen LogP contribution in [-0.4, -0.2) is 43.8 Å². The summed E-state index contributed by atoms with van der Waals surface area (Å²) in [5.74, 6) is 0. The molecule has 0 saturated carbocycles. The largest absolute Gasteiger partial charge is 0.412 e. The van der Waals surface area contributed by atoms with Gasteiger partial charge >= 0.3 is 0 Å². The maximum atomic E-state index is 7.88. The fourth-order valence-electron chi connectivity index (χ4n) is 0. The molecule has 0 atom stereocenters. The summed E-state index contributed by atoms with van der Waals surface area (Å²) in [6.07, 6.45) is 0. The second-order valence-corrected chi connectivity index (χ2v) is 0.0680. The van der Waals surface area contributed by atoms with Crippen LogP contribution in [-0.2, 0) is 0 Å². The molecule has 82 valence electrons. The third-order valence-electron chi connectivity index (χ3n) is 0. The average molecular weight is 192 g/mol. The first-order valence-corrected chi connectivity index (χ1v) is 0.333. The van der Waals surface area contributed by atoms with Crippen molar-refractivity contribution in [2.75, 3.05) is 0 Å². The highest BCUT2D eigenvalue weighted by molar-refractivity contribution is 4.20. The molecule has 0 bridgehead atoms. The molecule has 11 heavy (non-hydrogen) atoms. The lowest BCUT2D eigenvalue weighted by atomic mass is 14.8. The van der Waals surface area contributed by atoms with Gasteiger partial charge in [0.25, 0.3) is 0 Å². The first-order chi connectivity index (χ1) is 1.41. The Kier molecular flexibility index (Phi) is 6000000. The molecule has 0 radical (unpaired) electrons. The normalized spacial score (nSPS) is 1.09. The second-order valence-electron chi connectivity index (χ2n) is 0.0680. The Morgan fingerprint density at radius 3 is 0.636 bits per heavy atom. The fourth-order valence-corrected chi connectivity index (χ4v) is 0. The molecule has 0 aromatic rings. The van der Waals surface area contributed by atoms with Crippen molar-refractivity contribution in [3.63, 3.8) is 0 Å². The van der Waals surface area contributed by atoms with Crippen molar-refractivity contribution in [1.29, 1.82) is 0 Å². The van der Waals surface area contributed by atoms with Gasteiger partial charge in [-0.05, 0) is 0 Å². The summed E-state index contributed by atoms with van der Waals surface area (Å²) in [6.45, 7) is 0. The van der Waals surface area contributed by atoms with E-state index in [1.54, 1.807) is 4.75 Å². The van der Waals surface area contributed by atoms with E-state index in [0.29, 0.717) is 0 Å². The van der Waals surface area contributed by atoms with Crippen LogP contribution in [0.2, 0.25) is 0 Å². The Morgan fingerprint density at radius 1 is 0.636 bits per heavy atom. The molecule has 11 heteroatoms. The van der Waals surface area contributed by atoms with Gasteiger partial charge in [-0.1, -0.05) is 10.2 Å². The molecule has 0 rings (SSSR count). The van der Waals surface area contributed by atoms with Crippen molar-refractivity contribution in [1.82, 2.24) is 0 Å². The summed E-state index contributed by atoms with van der Waals surface area (Å²) >= 11 is 0. The van der Waals surface area contributed by atoms with Crippen LogP contribution in [0.15, 0.2) is 0 Å². The van der Waals surface area contributed by atoms with Crippen LogP contribution in [0.1, 0.15) is 0 Å². The van der Waals surface area contributed by atoms with Gasteiger partial charge in [0.15, 0.2) is 4.75 Å². The van der Waals surface area contributed by atoms with Crippen molar-refractivity contribution in [3.8, 4) is 0 Å². The molecule has 0 aromatic heterocycles. The quantitative estimate of drug-likeness (QED) is 0.205. The van der Waals surface area contributed by atoms with Crippen LogP contribution in [0.3, 0.4) is 0 Å². The maximum absolute atomic E-state index is 7.88. The van der Waals surface area contributed by atoms with E-state index in [1.807, 2.05) is 0 Å². The lowest BCUT2D eigenvalue weighted by molar-refractivity contribution is -0.284. The van der Waals surface area contributed by atoms with Crippen LogP contribution in [0.25, 0.3) is 0 Å². The second kappa shape index (κ2) is 92600. The molecule has 0 heterocycles. The summed E-state index contributed by atoms with van der Waals surface area (Å²) in [4.78, 5) is 7.88. The summed E-state index contributed by atoms with van der Waals surface area (Å²) in [6, 6.07) is 0. The highest BCUT2D eigenvalue weighted by Gasteiger charge is 1.27. The van der Waals surface area contributed by atoms with E-state index in [4.69, 9.17) is 10.2 Å². The van der Waals surface area contributed by atoms with Crippen molar-refractivity contribution in [2.45, 2.75) is 0 Å². The molecule has 0 aliphatic heterocycles. The molecule has 11 nitrogen and oxygen atoms in total. The highest BCUT2D eigenvalue weighted by Crippen LogP contribution is 1.00. The Labute approximate surface area is 60.2 Å². The van der Waals surface area contributed by atoms with Gasteiger partial charge in [-0.25, -0.2) is 0 Å². The SMILES string of the molecule is O.O.O.O.O.O.O.O.O=[O+][O-]. The van der Waals surface area contributed by atoms with Crippen LogP contribution in [0.5, 0.6) is 0 Å². The molecule has 0 aliphatic rings. The lowest BCUT2D eigenvalue weighted by Gasteiger charge is -1.19. The Morgan fingerprint density at radius 2 is 0.636 bits per heavy atom. The molecule has 0 unspecified atom stereocenters. The van der Waals surface area contributed by atoms with Gasteiger partial charge in [-0.15, -0.1) is 0 Å². The van der Waals surface area contributed by atoms with Gasteiger partial charge in [-0.2, -0.15) is 0 Å². The molecule has 0 aromatic carbocycles. The molecule has 0 saturated heterocycles. The monoisotopic (exact) mass is 192 g/mol. The summed E-state index contributed by atoms with van der Waals surface area (Å²) in [5.41, 5.74) is 0. The van der Waals surface area contributed by atoms with Gasteiger partial charge in [0.1, 0.15) is 0 Å². The molecular formula is H16O11. The topological polar surface area (TPSA) is 303 Å². The van der Waals surface area contributed by atoms with E-state index < -0.39 is 0 Å². The summed E-state index contributed by atoms with van der Waals surface area (Å²) < 4.78 is 1.75. The smallest absolute Gasteiger partial charge is 0.154 e. The minimum absolute atomic E-state index is 0. The first-order valence-electron chi connectivity index (χ1n) is 0.333. The average Bonchev–Trinajstić information content (AvgIpc) is 0.918. The van der Waals surface area contributed by atoms with Gasteiger partial charge < -0.3 is 43.8 Å². The van der Waals surface area contributed by atoms with Crippen molar-refractivity contribution < 1.29 is 49.1 Å². The van der Waals surface area contributed by atoms with Crippen LogP contribution in [0.4, 0.5) is 0 Å². The Balaban J connectivity index is -0.000000000714. The van der Waals surface area contributed by atoms with E-state index >= 15 is 0 Å². The first kappa shape index (κ1) is 712. The van der Waals surface area contributed by atoms with E-state index in [0.717, 1.165) is 0 Å². The third kappa shape index (κ3) is 538. The summed E-state index contributed by atoms with van der Waals surface area (Å²) in [5, 5.41) is 7.88. The predicted molar refractivity (Wildman–Crippen MR) is 35.6 cm³/mol. The third-order valence-corrected chi connectivity index (χ3v) is 0. The molecular weight excluding hydrogens is 176 g/mol. The minimum atomic E-state index is 0. The number of rotatable bonds is 0. The molecule has 16 N–H and O–H groups in total. The summed E-state index contributed by atoms with van der Waals surface area (Å²) in [7, 11) is 0. The van der Waals surface area contributed by atoms with Crippen molar-refractivity contribution >= 4 is 0 Å². The van der Waals surface area contributed by atoms with E-state index in [2.05, 4.69) is 0 Å².